The molecule has 6 aromatic rings. The lowest BCUT2D eigenvalue weighted by molar-refractivity contribution is 0.0703. The number of ether oxygens (including phenoxy) is 2. The van der Waals surface area contributed by atoms with Gasteiger partial charge in [0.2, 0.25) is 0 Å². The Hall–Kier alpha value is -4.36. The molecule has 2 aliphatic heterocycles. The molecule has 256 valence electrons. The number of aryl methyl sites for hydroxylation is 1. The molecule has 0 saturated carbocycles. The molecule has 0 aliphatic carbocycles. The number of halogens is 1. The molecule has 0 radical (unpaired) electrons. The van der Waals surface area contributed by atoms with E-state index >= 15 is 0 Å². The van der Waals surface area contributed by atoms with Gasteiger partial charge in [-0.1, -0.05) is 36.4 Å². The molecule has 5 heterocycles. The quantitative estimate of drug-likeness (QED) is 0.155. The summed E-state index contributed by atoms with van der Waals surface area (Å²) < 4.78 is 15.6. The molecule has 49 heavy (non-hydrogen) atoms. The van der Waals surface area contributed by atoms with Crippen LogP contribution in [0.25, 0.3) is 30.4 Å². The zero-order chi connectivity index (χ0) is 33.5. The second kappa shape index (κ2) is 14.2. The average molecular weight is 721 g/mol. The standard InChI is InChI=1S/C26H27N3O4S.C10H9NO2S.ClH/c1-32-19-8-6-9-20-22(19)18-14-28(13-16(18)15-33-20)11-4-5-12-29-25(30)24-23(27-26(29)31)17-7-2-3-10-21(17)34-24;1-5-3-2-4-6-7(5)8(11)9(14-6)10(12)13;/h2-3,6-10,16,18H,4-5,11-15H2,1H3,(H,27,31);2-4H,11H2,1H3,(H,12,13);1H/t16-,18-;;/m1../s1. The number of unbranched alkanes of at least 4 members (excludes halogenated alkanes) is 1. The van der Waals surface area contributed by atoms with E-state index in [4.69, 9.17) is 20.3 Å². The van der Waals surface area contributed by atoms with E-state index in [-0.39, 0.29) is 28.5 Å². The number of nitrogen functional groups attached to an aromatic ring is 1. The third kappa shape index (κ3) is 6.41. The van der Waals surface area contributed by atoms with Gasteiger partial charge in [0, 0.05) is 57.2 Å². The predicted molar refractivity (Wildman–Crippen MR) is 200 cm³/mol. The summed E-state index contributed by atoms with van der Waals surface area (Å²) in [7, 11) is 1.71. The number of benzene rings is 3. The van der Waals surface area contributed by atoms with E-state index in [1.165, 1.54) is 32.8 Å². The molecule has 0 bridgehead atoms. The van der Waals surface area contributed by atoms with Gasteiger partial charge >= 0.3 is 11.7 Å². The van der Waals surface area contributed by atoms with Gasteiger partial charge in [0.05, 0.1) is 24.9 Å². The third-order valence-electron chi connectivity index (χ3n) is 9.36. The Morgan fingerprint density at radius 3 is 2.55 bits per heavy atom. The lowest BCUT2D eigenvalue weighted by Crippen LogP contribution is -2.34. The number of methoxy groups -OCH3 is 1. The van der Waals surface area contributed by atoms with Gasteiger partial charge in [-0.3, -0.25) is 9.36 Å². The summed E-state index contributed by atoms with van der Waals surface area (Å²) in [6.07, 6.45) is 1.71. The van der Waals surface area contributed by atoms with Crippen molar-refractivity contribution in [2.45, 2.75) is 32.2 Å². The first-order chi connectivity index (χ1) is 23.2. The van der Waals surface area contributed by atoms with Crippen molar-refractivity contribution in [3.8, 4) is 11.5 Å². The van der Waals surface area contributed by atoms with Gasteiger partial charge in [0.1, 0.15) is 21.1 Å². The van der Waals surface area contributed by atoms with Crippen molar-refractivity contribution in [3.63, 3.8) is 0 Å². The van der Waals surface area contributed by atoms with E-state index in [1.807, 2.05) is 67.6 Å². The molecule has 4 N–H and O–H groups in total. The van der Waals surface area contributed by atoms with Gasteiger partial charge in [0.25, 0.3) is 5.56 Å². The number of H-pyrrole nitrogens is 1. The highest BCUT2D eigenvalue weighted by Crippen LogP contribution is 2.46. The second-order valence-corrected chi connectivity index (χ2v) is 14.4. The number of aromatic amines is 1. The molecule has 0 amide bonds. The maximum atomic E-state index is 13.0. The number of fused-ring (bicyclic) bond motifs is 7. The molecule has 3 aromatic heterocycles. The van der Waals surface area contributed by atoms with Crippen molar-refractivity contribution < 1.29 is 19.4 Å². The van der Waals surface area contributed by atoms with Crippen molar-refractivity contribution in [3.05, 3.63) is 97.5 Å². The summed E-state index contributed by atoms with van der Waals surface area (Å²) >= 11 is 2.67. The van der Waals surface area contributed by atoms with Crippen LogP contribution in [0.2, 0.25) is 0 Å². The number of nitrogens with two attached hydrogens (primary N) is 1. The van der Waals surface area contributed by atoms with Gasteiger partial charge in [-0.25, -0.2) is 9.59 Å². The minimum absolute atomic E-state index is 0. The Labute approximate surface area is 296 Å². The number of nitrogens with zero attached hydrogens (tertiary/aromatic N) is 2. The first-order valence-corrected chi connectivity index (χ1v) is 17.6. The van der Waals surface area contributed by atoms with Crippen LogP contribution in [0.4, 0.5) is 5.69 Å². The second-order valence-electron chi connectivity index (χ2n) is 12.3. The third-order valence-corrected chi connectivity index (χ3v) is 11.7. The number of nitrogens with one attached hydrogen (secondary N) is 1. The summed E-state index contributed by atoms with van der Waals surface area (Å²) in [4.78, 5) is 42.2. The number of carboxylic acids is 1. The Balaban J connectivity index is 0.000000234. The van der Waals surface area contributed by atoms with Crippen LogP contribution >= 0.6 is 35.1 Å². The Kier molecular flexibility index (Phi) is 10.0. The fourth-order valence-electron chi connectivity index (χ4n) is 7.06. The summed E-state index contributed by atoms with van der Waals surface area (Å²) in [6, 6.07) is 19.5. The Bertz CT molecular complexity index is 2280. The molecule has 1 fully saturated rings. The van der Waals surface area contributed by atoms with E-state index in [1.54, 1.807) is 7.11 Å². The number of hydrogen-bond acceptors (Lipinski definition) is 9. The SMILES string of the molecule is COc1cccc2c1[C@@H]1CN(CCCCn3c(=O)[nH]c4c(sc5ccccc54)c3=O)C[C@@H]1CO2.Cc1cccc2sc(C(=O)O)c(N)c12.Cl. The lowest BCUT2D eigenvalue weighted by Gasteiger charge is -2.29. The molecule has 13 heteroatoms. The van der Waals surface area contributed by atoms with Crippen molar-refractivity contribution >= 4 is 77.1 Å². The number of anilines is 1. The van der Waals surface area contributed by atoms with Crippen LogP contribution in [0.1, 0.15) is 39.6 Å². The fourth-order valence-corrected chi connectivity index (χ4v) is 9.20. The highest BCUT2D eigenvalue weighted by molar-refractivity contribution is 7.25. The average Bonchev–Trinajstić information content (AvgIpc) is 3.78. The maximum Gasteiger partial charge on any atom is 0.348 e. The monoisotopic (exact) mass is 720 g/mol. The minimum Gasteiger partial charge on any atom is -0.496 e. The largest absolute Gasteiger partial charge is 0.496 e. The topological polar surface area (TPSA) is 140 Å². The zero-order valence-electron chi connectivity index (χ0n) is 27.1. The van der Waals surface area contributed by atoms with Crippen LogP contribution in [0.5, 0.6) is 11.5 Å². The number of aromatic nitrogens is 2. The molecular formula is C36H37ClN4O6S2. The van der Waals surface area contributed by atoms with Crippen LogP contribution in [0.3, 0.4) is 0 Å². The highest BCUT2D eigenvalue weighted by atomic mass is 35.5. The highest BCUT2D eigenvalue weighted by Gasteiger charge is 2.40. The number of aromatic carboxylic acids is 1. The first kappa shape index (κ1) is 34.5. The van der Waals surface area contributed by atoms with Gasteiger partial charge in [-0.15, -0.1) is 35.1 Å². The van der Waals surface area contributed by atoms with Crippen molar-refractivity contribution in [2.24, 2.45) is 5.92 Å². The van der Waals surface area contributed by atoms with Crippen LogP contribution in [-0.4, -0.2) is 58.9 Å². The number of rotatable bonds is 7. The van der Waals surface area contributed by atoms with Crippen LogP contribution in [-0.2, 0) is 6.54 Å². The smallest absolute Gasteiger partial charge is 0.348 e. The Morgan fingerprint density at radius 1 is 1.02 bits per heavy atom. The number of carboxylic acid groups (broad SMARTS) is 1. The summed E-state index contributed by atoms with van der Waals surface area (Å²) in [5.74, 6) is 1.77. The molecule has 1 saturated heterocycles. The van der Waals surface area contributed by atoms with Crippen molar-refractivity contribution in [1.82, 2.24) is 14.5 Å². The van der Waals surface area contributed by atoms with Crippen LogP contribution in [0.15, 0.2) is 70.3 Å². The molecule has 10 nitrogen and oxygen atoms in total. The molecule has 3 aromatic carbocycles. The normalized spacial score (nSPS) is 16.8. The summed E-state index contributed by atoms with van der Waals surface area (Å²) in [5.41, 5.74) is 8.51. The summed E-state index contributed by atoms with van der Waals surface area (Å²) in [6.45, 7) is 6.01. The zero-order valence-corrected chi connectivity index (χ0v) is 29.5. The van der Waals surface area contributed by atoms with Gasteiger partial charge in [-0.05, 0) is 56.1 Å². The van der Waals surface area contributed by atoms with Gasteiger partial charge in [0.15, 0.2) is 0 Å². The van der Waals surface area contributed by atoms with Crippen molar-refractivity contribution in [1.29, 1.82) is 0 Å². The first-order valence-electron chi connectivity index (χ1n) is 15.9. The van der Waals surface area contributed by atoms with Crippen LogP contribution in [0, 0.1) is 12.8 Å². The number of carbonyl (C=O) groups is 1. The van der Waals surface area contributed by atoms with E-state index < -0.39 is 5.97 Å². The maximum absolute atomic E-state index is 13.0. The fraction of sp³-hybridized carbons (Fsp3) is 0.306. The molecule has 0 spiro atoms. The molecule has 2 atom stereocenters. The van der Waals surface area contributed by atoms with E-state index in [9.17, 15) is 14.4 Å². The van der Waals surface area contributed by atoms with Gasteiger partial charge < -0.3 is 30.2 Å². The predicted octanol–water partition coefficient (Wildman–Crippen LogP) is 6.71. The van der Waals surface area contributed by atoms with E-state index in [2.05, 4.69) is 9.88 Å². The minimum atomic E-state index is -0.955. The molecule has 0 unspecified atom stereocenters. The summed E-state index contributed by atoms with van der Waals surface area (Å²) in [5, 5.41) is 10.7. The Morgan fingerprint density at radius 2 is 1.78 bits per heavy atom. The number of thiophene rings is 2. The lowest BCUT2D eigenvalue weighted by atomic mass is 9.86. The van der Waals surface area contributed by atoms with E-state index in [0.29, 0.717) is 34.3 Å². The molecule has 8 rings (SSSR count). The van der Waals surface area contributed by atoms with Gasteiger partial charge in [-0.2, -0.15) is 0 Å². The number of hydrogen-bond donors (Lipinski definition) is 3. The molecular weight excluding hydrogens is 684 g/mol. The van der Waals surface area contributed by atoms with Crippen molar-refractivity contribution in [2.75, 3.05) is 39.1 Å². The van der Waals surface area contributed by atoms with E-state index in [0.717, 1.165) is 76.3 Å². The number of likely N-dealkylation sites (tertiary alicyclic amines) is 1. The molecule has 2 aliphatic rings. The van der Waals surface area contributed by atoms with Crippen LogP contribution < -0.4 is 26.5 Å².